The minimum Gasteiger partial charge on any atom is -0.465 e. The number of aromatic nitrogens is 1. The van der Waals surface area contributed by atoms with Gasteiger partial charge in [0.2, 0.25) is 0 Å². The number of para-hydroxylation sites is 1. The van der Waals surface area contributed by atoms with E-state index < -0.39 is 24.5 Å². The molecular formula is C22H21FN2O5. The van der Waals surface area contributed by atoms with Crippen molar-refractivity contribution < 1.29 is 28.2 Å². The van der Waals surface area contributed by atoms with E-state index in [0.29, 0.717) is 29.4 Å². The molecule has 0 unspecified atom stereocenters. The minimum atomic E-state index is -0.610. The SMILES string of the molecule is COC(=O)c1cn(CC(=O)OCC(=O)NCCc2ccc(F)cc2)c2ccccc12. The molecule has 0 saturated heterocycles. The summed E-state index contributed by atoms with van der Waals surface area (Å²) in [6, 6.07) is 13.1. The van der Waals surface area contributed by atoms with Crippen LogP contribution in [-0.2, 0) is 32.0 Å². The van der Waals surface area contributed by atoms with E-state index in [1.165, 1.54) is 25.4 Å². The van der Waals surface area contributed by atoms with Gasteiger partial charge in [0.25, 0.3) is 5.91 Å². The molecule has 0 radical (unpaired) electrons. The predicted octanol–water partition coefficient (Wildman–Crippen LogP) is 2.47. The molecule has 0 bridgehead atoms. The highest BCUT2D eigenvalue weighted by molar-refractivity contribution is 6.04. The maximum Gasteiger partial charge on any atom is 0.340 e. The molecule has 3 aromatic rings. The molecule has 3 rings (SSSR count). The molecule has 0 aliphatic rings. The van der Waals surface area contributed by atoms with Gasteiger partial charge in [-0.2, -0.15) is 0 Å². The third kappa shape index (κ3) is 5.22. The minimum absolute atomic E-state index is 0.152. The molecule has 1 N–H and O–H groups in total. The first-order chi connectivity index (χ1) is 14.5. The van der Waals surface area contributed by atoms with Crippen LogP contribution in [0.15, 0.2) is 54.7 Å². The first-order valence-corrected chi connectivity index (χ1v) is 9.31. The van der Waals surface area contributed by atoms with Crippen LogP contribution in [0.2, 0.25) is 0 Å². The second-order valence-electron chi connectivity index (χ2n) is 6.57. The fourth-order valence-electron chi connectivity index (χ4n) is 3.03. The fraction of sp³-hybridized carbons (Fsp3) is 0.227. The van der Waals surface area contributed by atoms with Crippen molar-refractivity contribution in [2.24, 2.45) is 0 Å². The van der Waals surface area contributed by atoms with Crippen molar-refractivity contribution in [3.05, 3.63) is 71.7 Å². The van der Waals surface area contributed by atoms with Crippen molar-refractivity contribution in [3.8, 4) is 0 Å². The van der Waals surface area contributed by atoms with E-state index in [2.05, 4.69) is 5.32 Å². The first kappa shape index (κ1) is 21.0. The third-order valence-electron chi connectivity index (χ3n) is 4.51. The zero-order valence-corrected chi connectivity index (χ0v) is 16.4. The Morgan fingerprint density at radius 2 is 1.80 bits per heavy atom. The molecule has 0 aliphatic carbocycles. The number of esters is 2. The number of benzene rings is 2. The van der Waals surface area contributed by atoms with E-state index in [-0.39, 0.29) is 12.4 Å². The number of halogens is 1. The summed E-state index contributed by atoms with van der Waals surface area (Å²) in [6.07, 6.45) is 2.06. The fourth-order valence-corrected chi connectivity index (χ4v) is 3.03. The van der Waals surface area contributed by atoms with Gasteiger partial charge in [-0.1, -0.05) is 30.3 Å². The summed E-state index contributed by atoms with van der Waals surface area (Å²) in [4.78, 5) is 36.0. The van der Waals surface area contributed by atoms with Gasteiger partial charge in [0, 0.05) is 23.6 Å². The predicted molar refractivity (Wildman–Crippen MR) is 107 cm³/mol. The Hall–Kier alpha value is -3.68. The van der Waals surface area contributed by atoms with Gasteiger partial charge in [-0.05, 0) is 30.2 Å². The Morgan fingerprint density at radius 3 is 2.53 bits per heavy atom. The number of ether oxygens (including phenoxy) is 2. The van der Waals surface area contributed by atoms with Gasteiger partial charge in [-0.3, -0.25) is 9.59 Å². The highest BCUT2D eigenvalue weighted by Gasteiger charge is 2.17. The average molecular weight is 412 g/mol. The number of methoxy groups -OCH3 is 1. The van der Waals surface area contributed by atoms with Crippen molar-refractivity contribution >= 4 is 28.7 Å². The van der Waals surface area contributed by atoms with E-state index in [1.807, 2.05) is 0 Å². The largest absolute Gasteiger partial charge is 0.465 e. The van der Waals surface area contributed by atoms with Gasteiger partial charge in [0.1, 0.15) is 12.4 Å². The highest BCUT2D eigenvalue weighted by atomic mass is 19.1. The Labute approximate surface area is 172 Å². The Morgan fingerprint density at radius 1 is 1.07 bits per heavy atom. The lowest BCUT2D eigenvalue weighted by Crippen LogP contribution is -2.31. The normalized spacial score (nSPS) is 10.6. The first-order valence-electron chi connectivity index (χ1n) is 9.31. The number of fused-ring (bicyclic) bond motifs is 1. The summed E-state index contributed by atoms with van der Waals surface area (Å²) in [6.45, 7) is -0.224. The van der Waals surface area contributed by atoms with Gasteiger partial charge in [-0.15, -0.1) is 0 Å². The Kier molecular flexibility index (Phi) is 6.79. The molecular weight excluding hydrogens is 391 g/mol. The topological polar surface area (TPSA) is 86.6 Å². The molecule has 2 aromatic carbocycles. The smallest absolute Gasteiger partial charge is 0.340 e. The molecule has 1 heterocycles. The van der Waals surface area contributed by atoms with Crippen LogP contribution in [0.4, 0.5) is 4.39 Å². The number of carbonyl (C=O) groups excluding carboxylic acids is 3. The van der Waals surface area contributed by atoms with E-state index in [4.69, 9.17) is 9.47 Å². The van der Waals surface area contributed by atoms with Crippen molar-refractivity contribution in [1.82, 2.24) is 9.88 Å². The number of amides is 1. The van der Waals surface area contributed by atoms with Crippen LogP contribution in [0.3, 0.4) is 0 Å². The summed E-state index contributed by atoms with van der Waals surface area (Å²) in [7, 11) is 1.29. The number of nitrogens with zero attached hydrogens (tertiary/aromatic N) is 1. The maximum absolute atomic E-state index is 12.9. The van der Waals surface area contributed by atoms with Crippen LogP contribution in [-0.4, -0.2) is 42.7 Å². The second kappa shape index (κ2) is 9.69. The molecule has 8 heteroatoms. The highest BCUT2D eigenvalue weighted by Crippen LogP contribution is 2.22. The van der Waals surface area contributed by atoms with Crippen LogP contribution in [0.25, 0.3) is 10.9 Å². The van der Waals surface area contributed by atoms with Crippen molar-refractivity contribution in [2.45, 2.75) is 13.0 Å². The lowest BCUT2D eigenvalue weighted by Gasteiger charge is -2.08. The molecule has 1 amide bonds. The van der Waals surface area contributed by atoms with Crippen LogP contribution in [0.1, 0.15) is 15.9 Å². The number of carbonyl (C=O) groups is 3. The van der Waals surface area contributed by atoms with Gasteiger partial charge in [0.15, 0.2) is 6.61 Å². The van der Waals surface area contributed by atoms with Crippen molar-refractivity contribution in [3.63, 3.8) is 0 Å². The number of rotatable bonds is 8. The van der Waals surface area contributed by atoms with Crippen molar-refractivity contribution in [1.29, 1.82) is 0 Å². The molecule has 0 spiro atoms. The molecule has 1 aromatic heterocycles. The van der Waals surface area contributed by atoms with Crippen LogP contribution in [0.5, 0.6) is 0 Å². The van der Waals surface area contributed by atoms with Gasteiger partial charge >= 0.3 is 11.9 Å². The maximum atomic E-state index is 12.9. The van der Waals surface area contributed by atoms with E-state index in [0.717, 1.165) is 5.56 Å². The molecule has 0 fully saturated rings. The lowest BCUT2D eigenvalue weighted by molar-refractivity contribution is -0.149. The average Bonchev–Trinajstić information content (AvgIpc) is 3.11. The molecule has 0 saturated carbocycles. The monoisotopic (exact) mass is 412 g/mol. The third-order valence-corrected chi connectivity index (χ3v) is 4.51. The van der Waals surface area contributed by atoms with Crippen LogP contribution < -0.4 is 5.32 Å². The van der Waals surface area contributed by atoms with E-state index in [1.54, 1.807) is 41.0 Å². The zero-order valence-electron chi connectivity index (χ0n) is 16.4. The summed E-state index contributed by atoms with van der Waals surface area (Å²) in [5.41, 5.74) is 1.91. The Balaban J connectivity index is 1.50. The molecule has 30 heavy (non-hydrogen) atoms. The van der Waals surface area contributed by atoms with E-state index in [9.17, 15) is 18.8 Å². The summed E-state index contributed by atoms with van der Waals surface area (Å²) in [5.74, 6) is -1.86. The summed E-state index contributed by atoms with van der Waals surface area (Å²) in [5, 5.41) is 3.31. The van der Waals surface area contributed by atoms with Gasteiger partial charge in [-0.25, -0.2) is 9.18 Å². The molecule has 7 nitrogen and oxygen atoms in total. The van der Waals surface area contributed by atoms with E-state index >= 15 is 0 Å². The van der Waals surface area contributed by atoms with Gasteiger partial charge < -0.3 is 19.4 Å². The number of hydrogen-bond acceptors (Lipinski definition) is 5. The molecule has 0 aliphatic heterocycles. The van der Waals surface area contributed by atoms with Crippen molar-refractivity contribution in [2.75, 3.05) is 20.3 Å². The summed E-state index contributed by atoms with van der Waals surface area (Å²) < 4.78 is 24.3. The van der Waals surface area contributed by atoms with Crippen LogP contribution in [0, 0.1) is 5.82 Å². The lowest BCUT2D eigenvalue weighted by atomic mass is 10.1. The van der Waals surface area contributed by atoms with Crippen LogP contribution >= 0.6 is 0 Å². The summed E-state index contributed by atoms with van der Waals surface area (Å²) >= 11 is 0. The second-order valence-corrected chi connectivity index (χ2v) is 6.57. The number of nitrogens with one attached hydrogen (secondary N) is 1. The Bertz CT molecular complexity index is 1060. The standard InChI is InChI=1S/C22H21FN2O5/c1-29-22(28)18-12-25(19-5-3-2-4-17(18)19)13-21(27)30-14-20(26)24-11-10-15-6-8-16(23)9-7-15/h2-9,12H,10-11,13-14H2,1H3,(H,24,26). The number of hydrogen-bond donors (Lipinski definition) is 1. The molecule has 0 atom stereocenters. The zero-order chi connectivity index (χ0) is 21.5. The molecule has 156 valence electrons. The quantitative estimate of drug-likeness (QED) is 0.575. The van der Waals surface area contributed by atoms with Gasteiger partial charge in [0.05, 0.1) is 12.7 Å².